The van der Waals surface area contributed by atoms with Crippen LogP contribution in [0.2, 0.25) is 0 Å². The number of nitrogens with two attached hydrogens (primary N) is 2. The first-order valence-electron chi connectivity index (χ1n) is 8.77. The highest BCUT2D eigenvalue weighted by Gasteiger charge is 2.19. The lowest BCUT2D eigenvalue weighted by molar-refractivity contribution is 0.610. The molecule has 0 aliphatic rings. The first-order chi connectivity index (χ1) is 14.4. The molecule has 0 amide bonds. The van der Waals surface area contributed by atoms with Gasteiger partial charge in [-0.3, -0.25) is 0 Å². The molecule has 0 radical (unpaired) electrons. The lowest BCUT2D eigenvalue weighted by Gasteiger charge is -2.11. The van der Waals surface area contributed by atoms with Gasteiger partial charge in [0.15, 0.2) is 5.82 Å². The van der Waals surface area contributed by atoms with Crippen LogP contribution in [0, 0.1) is 28.8 Å². The molecule has 0 spiro atoms. The molecule has 3 rings (SSSR count). The van der Waals surface area contributed by atoms with E-state index in [9.17, 15) is 14.0 Å². The van der Waals surface area contributed by atoms with Gasteiger partial charge in [-0.05, 0) is 31.2 Å². The van der Waals surface area contributed by atoms with Crippen LogP contribution in [0.3, 0.4) is 0 Å². The second-order valence-electron chi connectivity index (χ2n) is 6.19. The fourth-order valence-corrected chi connectivity index (χ4v) is 2.84. The molecule has 150 valence electrons. The van der Waals surface area contributed by atoms with Crippen molar-refractivity contribution in [3.05, 3.63) is 83.3 Å². The average molecular weight is 407 g/mol. The molecule has 2 aromatic carbocycles. The minimum absolute atomic E-state index is 0.106. The molecule has 5 nitrogen and oxygen atoms in total. The van der Waals surface area contributed by atoms with Crippen LogP contribution in [0.1, 0.15) is 12.5 Å². The third kappa shape index (κ3) is 3.73. The standard InChI is InChI=1S/C22H16F3N5/c1-2-9-29-22(28)15(11-26)19(27)14-8-7-12-10-17(24)21(30-20(12)18(14)25)13-5-3-4-6-16(13)23/h2-10H,27H2,1H3,(H2,28,29)/b9-2+,19-15-. The SMILES string of the molecule is C/C=C/N=C(N)/C(C#N)=C(\N)c1ccc2cc(F)c(-c3ccccc3F)nc2c1F. The molecular formula is C22H16F3N5. The summed E-state index contributed by atoms with van der Waals surface area (Å²) in [5, 5.41) is 9.54. The molecule has 0 aliphatic heterocycles. The van der Waals surface area contributed by atoms with E-state index in [0.717, 1.165) is 12.1 Å². The maximum atomic E-state index is 15.3. The quantitative estimate of drug-likeness (QED) is 0.380. The van der Waals surface area contributed by atoms with E-state index in [1.54, 1.807) is 19.1 Å². The van der Waals surface area contributed by atoms with Crippen LogP contribution in [-0.4, -0.2) is 10.8 Å². The Morgan fingerprint density at radius 2 is 1.83 bits per heavy atom. The maximum Gasteiger partial charge on any atom is 0.158 e. The number of hydrogen-bond donors (Lipinski definition) is 2. The number of rotatable bonds is 4. The highest BCUT2D eigenvalue weighted by molar-refractivity contribution is 6.07. The molecule has 0 aliphatic carbocycles. The third-order valence-corrected chi connectivity index (χ3v) is 4.30. The van der Waals surface area contributed by atoms with Crippen molar-refractivity contribution in [1.29, 1.82) is 5.26 Å². The van der Waals surface area contributed by atoms with E-state index >= 15 is 4.39 Å². The topological polar surface area (TPSA) is 101 Å². The van der Waals surface area contributed by atoms with Crippen LogP contribution in [-0.2, 0) is 0 Å². The zero-order valence-corrected chi connectivity index (χ0v) is 15.8. The van der Waals surface area contributed by atoms with Gasteiger partial charge in [-0.25, -0.2) is 23.1 Å². The van der Waals surface area contributed by atoms with Crippen molar-refractivity contribution >= 4 is 22.4 Å². The summed E-state index contributed by atoms with van der Waals surface area (Å²) in [7, 11) is 0. The number of fused-ring (bicyclic) bond motifs is 1. The predicted molar refractivity (Wildman–Crippen MR) is 110 cm³/mol. The van der Waals surface area contributed by atoms with E-state index in [0.29, 0.717) is 0 Å². The fourth-order valence-electron chi connectivity index (χ4n) is 2.84. The second-order valence-corrected chi connectivity index (χ2v) is 6.19. The van der Waals surface area contributed by atoms with Gasteiger partial charge in [0.25, 0.3) is 0 Å². The van der Waals surface area contributed by atoms with Gasteiger partial charge in [0.2, 0.25) is 0 Å². The van der Waals surface area contributed by atoms with Crippen molar-refractivity contribution in [3.8, 4) is 17.3 Å². The molecule has 1 heterocycles. The van der Waals surface area contributed by atoms with Crippen molar-refractivity contribution in [3.63, 3.8) is 0 Å². The molecule has 0 atom stereocenters. The van der Waals surface area contributed by atoms with Crippen molar-refractivity contribution in [2.75, 3.05) is 0 Å². The Kier molecular flexibility index (Phi) is 5.83. The summed E-state index contributed by atoms with van der Waals surface area (Å²) in [5.41, 5.74) is 10.5. The zero-order valence-electron chi connectivity index (χ0n) is 15.8. The van der Waals surface area contributed by atoms with Crippen LogP contribution in [0.15, 0.2) is 65.3 Å². The highest BCUT2D eigenvalue weighted by atomic mass is 19.1. The van der Waals surface area contributed by atoms with Gasteiger partial charge in [-0.15, -0.1) is 0 Å². The van der Waals surface area contributed by atoms with Gasteiger partial charge >= 0.3 is 0 Å². The number of benzene rings is 2. The molecule has 4 N–H and O–H groups in total. The normalized spacial score (nSPS) is 12.8. The van der Waals surface area contributed by atoms with E-state index in [1.165, 1.54) is 36.5 Å². The molecule has 3 aromatic rings. The average Bonchev–Trinajstić information content (AvgIpc) is 2.73. The molecular weight excluding hydrogens is 391 g/mol. The number of nitrogens with zero attached hydrogens (tertiary/aromatic N) is 3. The Morgan fingerprint density at radius 3 is 2.50 bits per heavy atom. The molecule has 0 saturated heterocycles. The van der Waals surface area contributed by atoms with Gasteiger partial charge in [0.05, 0.1) is 5.70 Å². The minimum atomic E-state index is -0.894. The number of halogens is 3. The summed E-state index contributed by atoms with van der Waals surface area (Å²) in [6.45, 7) is 1.71. The Morgan fingerprint density at radius 1 is 1.10 bits per heavy atom. The lowest BCUT2D eigenvalue weighted by Crippen LogP contribution is -2.18. The smallest absolute Gasteiger partial charge is 0.158 e. The van der Waals surface area contributed by atoms with Crippen molar-refractivity contribution in [2.45, 2.75) is 6.92 Å². The lowest BCUT2D eigenvalue weighted by atomic mass is 10.0. The molecule has 0 unspecified atom stereocenters. The Balaban J connectivity index is 2.26. The molecule has 0 bridgehead atoms. The highest BCUT2D eigenvalue weighted by Crippen LogP contribution is 2.30. The van der Waals surface area contributed by atoms with E-state index in [2.05, 4.69) is 9.98 Å². The Labute approximate surface area is 170 Å². The number of amidine groups is 1. The minimum Gasteiger partial charge on any atom is -0.397 e. The zero-order chi connectivity index (χ0) is 21.8. The molecule has 1 aromatic heterocycles. The summed E-state index contributed by atoms with van der Waals surface area (Å²) in [4.78, 5) is 7.86. The van der Waals surface area contributed by atoms with E-state index in [1.807, 2.05) is 0 Å². The predicted octanol–water partition coefficient (Wildman–Crippen LogP) is 4.40. The van der Waals surface area contributed by atoms with Crippen molar-refractivity contribution < 1.29 is 13.2 Å². The van der Waals surface area contributed by atoms with E-state index in [-0.39, 0.29) is 44.8 Å². The molecule has 0 saturated carbocycles. The molecule has 30 heavy (non-hydrogen) atoms. The van der Waals surface area contributed by atoms with Gasteiger partial charge in [-0.2, -0.15) is 5.26 Å². The number of nitriles is 1. The second kappa shape index (κ2) is 8.49. The van der Waals surface area contributed by atoms with Crippen LogP contribution >= 0.6 is 0 Å². The summed E-state index contributed by atoms with van der Waals surface area (Å²) >= 11 is 0. The number of hydrogen-bond acceptors (Lipinski definition) is 4. The summed E-state index contributed by atoms with van der Waals surface area (Å²) in [6.07, 6.45) is 2.96. The first-order valence-corrected chi connectivity index (χ1v) is 8.77. The van der Waals surface area contributed by atoms with Crippen molar-refractivity contribution in [1.82, 2.24) is 4.98 Å². The van der Waals surface area contributed by atoms with Crippen LogP contribution in [0.25, 0.3) is 27.9 Å². The van der Waals surface area contributed by atoms with Gasteiger partial charge in [0.1, 0.15) is 40.3 Å². The number of aliphatic imine (C=N–C) groups is 1. The van der Waals surface area contributed by atoms with E-state index in [4.69, 9.17) is 11.5 Å². The van der Waals surface area contributed by atoms with Crippen LogP contribution < -0.4 is 11.5 Å². The summed E-state index contributed by atoms with van der Waals surface area (Å²) < 4.78 is 43.9. The van der Waals surface area contributed by atoms with Gasteiger partial charge in [-0.1, -0.05) is 24.3 Å². The monoisotopic (exact) mass is 407 g/mol. The number of allylic oxidation sites excluding steroid dienone is 1. The van der Waals surface area contributed by atoms with Gasteiger partial charge < -0.3 is 11.5 Å². The van der Waals surface area contributed by atoms with Gasteiger partial charge in [0, 0.05) is 22.7 Å². The van der Waals surface area contributed by atoms with Crippen LogP contribution in [0.4, 0.5) is 13.2 Å². The van der Waals surface area contributed by atoms with Crippen LogP contribution in [0.5, 0.6) is 0 Å². The third-order valence-electron chi connectivity index (χ3n) is 4.30. The number of aromatic nitrogens is 1. The summed E-state index contributed by atoms with van der Waals surface area (Å²) in [6, 6.07) is 11.0. The van der Waals surface area contributed by atoms with E-state index < -0.39 is 17.5 Å². The summed E-state index contributed by atoms with van der Waals surface area (Å²) in [5.74, 6) is -2.58. The molecule has 0 fully saturated rings. The maximum absolute atomic E-state index is 15.3. The van der Waals surface area contributed by atoms with Crippen molar-refractivity contribution in [2.24, 2.45) is 16.5 Å². The largest absolute Gasteiger partial charge is 0.397 e. The Bertz CT molecular complexity index is 1270. The first kappa shape index (κ1) is 20.6. The number of pyridine rings is 1. The fraction of sp³-hybridized carbons (Fsp3) is 0.0455. The molecule has 8 heteroatoms. The Hall–Kier alpha value is -4.12.